The summed E-state index contributed by atoms with van der Waals surface area (Å²) in [6.07, 6.45) is 1.39. The molecule has 2 heterocycles. The number of nitrogens with one attached hydrogen (secondary N) is 2. The van der Waals surface area contributed by atoms with Crippen molar-refractivity contribution in [3.63, 3.8) is 0 Å². The Balaban J connectivity index is 1.61. The highest BCUT2D eigenvalue weighted by molar-refractivity contribution is 7.71. The maximum Gasteiger partial charge on any atom is 0.262 e. The predicted molar refractivity (Wildman–Crippen MR) is 104 cm³/mol. The number of ether oxygens (including phenoxy) is 1. The van der Waals surface area contributed by atoms with Crippen LogP contribution in [0, 0.1) is 16.6 Å². The van der Waals surface area contributed by atoms with E-state index < -0.39 is 0 Å². The number of hydrogen-bond donors (Lipinski definition) is 2. The fourth-order valence-electron chi connectivity index (χ4n) is 3.56. The van der Waals surface area contributed by atoms with Crippen LogP contribution in [-0.2, 0) is 16.1 Å². The second kappa shape index (κ2) is 8.14. The molecular weight excluding hydrogens is 350 g/mol. The molecule has 0 saturated carbocycles. The van der Waals surface area contributed by atoms with Gasteiger partial charge in [0.15, 0.2) is 4.77 Å². The van der Waals surface area contributed by atoms with E-state index in [1.54, 1.807) is 6.07 Å². The molecule has 1 aliphatic heterocycles. The maximum atomic E-state index is 12.6. The number of benzene rings is 1. The third kappa shape index (κ3) is 4.04. The van der Waals surface area contributed by atoms with Gasteiger partial charge in [-0.2, -0.15) is 0 Å². The minimum Gasteiger partial charge on any atom is -0.378 e. The largest absolute Gasteiger partial charge is 0.378 e. The maximum absolute atomic E-state index is 12.6. The highest BCUT2D eigenvalue weighted by Gasteiger charge is 2.30. The molecule has 2 aromatic rings. The lowest BCUT2D eigenvalue weighted by atomic mass is 9.93. The van der Waals surface area contributed by atoms with Crippen molar-refractivity contribution in [2.24, 2.45) is 11.8 Å². The van der Waals surface area contributed by atoms with Gasteiger partial charge >= 0.3 is 0 Å². The SMILES string of the molecule is CC(C)[C@H]1OCC[C@H]1CNC(=O)CCn1c(=S)[nH]c2ccccc2c1=O. The van der Waals surface area contributed by atoms with Crippen LogP contribution in [0.3, 0.4) is 0 Å². The third-order valence-electron chi connectivity index (χ3n) is 4.93. The van der Waals surface area contributed by atoms with E-state index >= 15 is 0 Å². The number of aromatic nitrogens is 2. The van der Waals surface area contributed by atoms with E-state index in [2.05, 4.69) is 24.1 Å². The van der Waals surface area contributed by atoms with Gasteiger partial charge in [-0.15, -0.1) is 0 Å². The summed E-state index contributed by atoms with van der Waals surface area (Å²) in [5.74, 6) is 0.716. The Bertz CT molecular complexity index is 903. The van der Waals surface area contributed by atoms with Gasteiger partial charge in [0.1, 0.15) is 0 Å². The second-order valence-electron chi connectivity index (χ2n) is 7.11. The van der Waals surface area contributed by atoms with E-state index in [1.165, 1.54) is 4.57 Å². The second-order valence-corrected chi connectivity index (χ2v) is 7.50. The Kier molecular flexibility index (Phi) is 5.88. The number of hydrogen-bond acceptors (Lipinski definition) is 4. The molecule has 7 heteroatoms. The summed E-state index contributed by atoms with van der Waals surface area (Å²) < 4.78 is 7.54. The van der Waals surface area contributed by atoms with Gasteiger partial charge < -0.3 is 15.0 Å². The molecule has 6 nitrogen and oxygen atoms in total. The Hall–Kier alpha value is -1.99. The zero-order chi connectivity index (χ0) is 18.7. The minimum absolute atomic E-state index is 0.0751. The van der Waals surface area contributed by atoms with Gasteiger partial charge in [0.25, 0.3) is 5.56 Å². The van der Waals surface area contributed by atoms with E-state index in [1.807, 2.05) is 18.2 Å². The van der Waals surface area contributed by atoms with Crippen molar-refractivity contribution in [2.45, 2.75) is 39.3 Å². The van der Waals surface area contributed by atoms with Gasteiger partial charge in [0, 0.05) is 32.0 Å². The van der Waals surface area contributed by atoms with Crippen LogP contribution >= 0.6 is 12.2 Å². The number of carbonyl (C=O) groups excluding carboxylic acids is 1. The van der Waals surface area contributed by atoms with Crippen LogP contribution in [0.5, 0.6) is 0 Å². The molecule has 140 valence electrons. The summed E-state index contributed by atoms with van der Waals surface area (Å²) >= 11 is 5.27. The number of amides is 1. The van der Waals surface area contributed by atoms with E-state index in [4.69, 9.17) is 17.0 Å². The van der Waals surface area contributed by atoms with Crippen molar-refractivity contribution in [1.82, 2.24) is 14.9 Å². The van der Waals surface area contributed by atoms with Gasteiger partial charge in [-0.3, -0.25) is 14.2 Å². The molecule has 26 heavy (non-hydrogen) atoms. The lowest BCUT2D eigenvalue weighted by Crippen LogP contribution is -2.35. The molecule has 2 atom stereocenters. The third-order valence-corrected chi connectivity index (χ3v) is 5.26. The van der Waals surface area contributed by atoms with E-state index in [-0.39, 0.29) is 30.5 Å². The van der Waals surface area contributed by atoms with Gasteiger partial charge in [-0.1, -0.05) is 26.0 Å². The number of rotatable bonds is 6. The Morgan fingerprint density at radius 1 is 1.42 bits per heavy atom. The van der Waals surface area contributed by atoms with E-state index in [0.29, 0.717) is 34.1 Å². The van der Waals surface area contributed by atoms with Crippen molar-refractivity contribution >= 4 is 29.0 Å². The first-order chi connectivity index (χ1) is 12.5. The monoisotopic (exact) mass is 375 g/mol. The molecule has 3 rings (SSSR count). The molecule has 0 spiro atoms. The lowest BCUT2D eigenvalue weighted by molar-refractivity contribution is -0.121. The highest BCUT2D eigenvalue weighted by atomic mass is 32.1. The average Bonchev–Trinajstić information content (AvgIpc) is 3.08. The van der Waals surface area contributed by atoms with Crippen molar-refractivity contribution in [3.05, 3.63) is 39.4 Å². The molecule has 1 aromatic carbocycles. The van der Waals surface area contributed by atoms with Crippen LogP contribution in [0.4, 0.5) is 0 Å². The van der Waals surface area contributed by atoms with Gasteiger partial charge in [-0.25, -0.2) is 0 Å². The standard InChI is InChI=1S/C19H25N3O3S/c1-12(2)17-13(8-10-25-17)11-20-16(23)7-9-22-18(24)14-5-3-4-6-15(14)21-19(22)26/h3-6,12-13,17H,7-11H2,1-2H3,(H,20,23)(H,21,26)/t13-,17+/m0/s1. The molecule has 0 unspecified atom stereocenters. The van der Waals surface area contributed by atoms with Crippen LogP contribution in [-0.4, -0.2) is 34.7 Å². The quantitative estimate of drug-likeness (QED) is 0.761. The van der Waals surface area contributed by atoms with Gasteiger partial charge in [-0.05, 0) is 36.7 Å². The van der Waals surface area contributed by atoms with Crippen molar-refractivity contribution in [3.8, 4) is 0 Å². The van der Waals surface area contributed by atoms with E-state index in [0.717, 1.165) is 13.0 Å². The minimum atomic E-state index is -0.166. The first-order valence-corrected chi connectivity index (χ1v) is 9.48. The zero-order valence-corrected chi connectivity index (χ0v) is 16.0. The smallest absolute Gasteiger partial charge is 0.262 e. The summed E-state index contributed by atoms with van der Waals surface area (Å²) in [6.45, 7) is 5.91. The predicted octanol–water partition coefficient (Wildman–Crippen LogP) is 2.63. The fourth-order valence-corrected chi connectivity index (χ4v) is 3.84. The Labute approximate surface area is 157 Å². The number of fused-ring (bicyclic) bond motifs is 1. The summed E-state index contributed by atoms with van der Waals surface area (Å²) in [5.41, 5.74) is 0.547. The van der Waals surface area contributed by atoms with Crippen molar-refractivity contribution < 1.29 is 9.53 Å². The summed E-state index contributed by atoms with van der Waals surface area (Å²) in [4.78, 5) is 27.8. The molecular formula is C19H25N3O3S. The van der Waals surface area contributed by atoms with E-state index in [9.17, 15) is 9.59 Å². The van der Waals surface area contributed by atoms with Crippen LogP contribution in [0.15, 0.2) is 29.1 Å². The highest BCUT2D eigenvalue weighted by Crippen LogP contribution is 2.26. The molecule has 1 aromatic heterocycles. The molecule has 0 bridgehead atoms. The molecule has 1 fully saturated rings. The Morgan fingerprint density at radius 3 is 2.96 bits per heavy atom. The van der Waals surface area contributed by atoms with Crippen molar-refractivity contribution in [1.29, 1.82) is 0 Å². The molecule has 1 aliphatic rings. The normalized spacial score (nSPS) is 20.0. The molecule has 1 amide bonds. The molecule has 2 N–H and O–H groups in total. The van der Waals surface area contributed by atoms with Gasteiger partial charge in [0.05, 0.1) is 17.0 Å². The Morgan fingerprint density at radius 2 is 2.19 bits per heavy atom. The lowest BCUT2D eigenvalue weighted by Gasteiger charge is -2.22. The molecule has 0 aliphatic carbocycles. The summed E-state index contributed by atoms with van der Waals surface area (Å²) in [7, 11) is 0. The fraction of sp³-hybridized carbons (Fsp3) is 0.526. The van der Waals surface area contributed by atoms with Crippen molar-refractivity contribution in [2.75, 3.05) is 13.2 Å². The molecule has 0 radical (unpaired) electrons. The summed E-state index contributed by atoms with van der Waals surface area (Å²) in [6, 6.07) is 7.23. The van der Waals surface area contributed by atoms with Crippen LogP contribution < -0.4 is 10.9 Å². The number of H-pyrrole nitrogens is 1. The zero-order valence-electron chi connectivity index (χ0n) is 15.2. The van der Waals surface area contributed by atoms with Gasteiger partial charge in [0.2, 0.25) is 5.91 Å². The summed E-state index contributed by atoms with van der Waals surface area (Å²) in [5, 5.41) is 3.55. The number of nitrogens with zero attached hydrogens (tertiary/aromatic N) is 1. The van der Waals surface area contributed by atoms with Crippen LogP contribution in [0.1, 0.15) is 26.7 Å². The number of aromatic amines is 1. The average molecular weight is 375 g/mol. The first kappa shape index (κ1) is 18.8. The first-order valence-electron chi connectivity index (χ1n) is 9.07. The topological polar surface area (TPSA) is 76.1 Å². The number of para-hydroxylation sites is 1. The van der Waals surface area contributed by atoms with Crippen LogP contribution in [0.25, 0.3) is 10.9 Å². The van der Waals surface area contributed by atoms with Crippen LogP contribution in [0.2, 0.25) is 0 Å². The number of carbonyl (C=O) groups is 1. The molecule has 1 saturated heterocycles.